The third-order valence-electron chi connectivity index (χ3n) is 4.07. The molecule has 2 aromatic heterocycles. The number of hydrogen-bond donors (Lipinski definition) is 3. The number of hydrogen-bond acceptors (Lipinski definition) is 8. The summed E-state index contributed by atoms with van der Waals surface area (Å²) < 4.78 is 13.1. The highest BCUT2D eigenvalue weighted by Gasteiger charge is 2.53. The second kappa shape index (κ2) is 5.62. The van der Waals surface area contributed by atoms with Gasteiger partial charge >= 0.3 is 0 Å². The normalized spacial score (nSPS) is 31.0. The molecule has 1 aliphatic heterocycles. The molecule has 9 nitrogen and oxygen atoms in total. The van der Waals surface area contributed by atoms with Crippen LogP contribution in [0.4, 0.5) is 5.82 Å². The molecule has 0 aromatic carbocycles. The summed E-state index contributed by atoms with van der Waals surface area (Å²) in [5, 5.41) is 21.2. The van der Waals surface area contributed by atoms with Gasteiger partial charge in [-0.3, -0.25) is 4.57 Å². The van der Waals surface area contributed by atoms with Gasteiger partial charge in [-0.2, -0.15) is 0 Å². The number of rotatable bonds is 3. The van der Waals surface area contributed by atoms with Crippen LogP contribution in [0.2, 0.25) is 0 Å². The summed E-state index contributed by atoms with van der Waals surface area (Å²) in [5.41, 5.74) is 4.71. The molecule has 9 heteroatoms. The molecule has 3 rings (SSSR count). The maximum atomic E-state index is 10.8. The Morgan fingerprint density at radius 3 is 2.75 bits per heavy atom. The molecular formula is C15H23N5O4. The number of aliphatic hydroxyl groups excluding tert-OH is 1. The van der Waals surface area contributed by atoms with E-state index in [0.29, 0.717) is 11.2 Å². The van der Waals surface area contributed by atoms with Crippen molar-refractivity contribution in [2.75, 3.05) is 12.3 Å². The summed E-state index contributed by atoms with van der Waals surface area (Å²) >= 11 is 0. The summed E-state index contributed by atoms with van der Waals surface area (Å²) in [6.45, 7) is 7.39. The Morgan fingerprint density at radius 1 is 1.38 bits per heavy atom. The van der Waals surface area contributed by atoms with E-state index in [1.54, 1.807) is 4.57 Å². The smallest absolute Gasteiger partial charge is 0.168 e. The zero-order chi connectivity index (χ0) is 17.7. The van der Waals surface area contributed by atoms with Crippen molar-refractivity contribution in [2.45, 2.75) is 57.3 Å². The van der Waals surface area contributed by atoms with Crippen molar-refractivity contribution in [1.29, 1.82) is 0 Å². The highest BCUT2D eigenvalue weighted by atomic mass is 16.6. The lowest BCUT2D eigenvalue weighted by Crippen LogP contribution is -2.44. The molecule has 1 aliphatic rings. The lowest BCUT2D eigenvalue weighted by atomic mass is 9.96. The van der Waals surface area contributed by atoms with Gasteiger partial charge in [0.25, 0.3) is 0 Å². The largest absolute Gasteiger partial charge is 0.387 e. The van der Waals surface area contributed by atoms with E-state index in [2.05, 4.69) is 15.0 Å². The van der Waals surface area contributed by atoms with E-state index in [-0.39, 0.29) is 18.0 Å². The first-order chi connectivity index (χ1) is 11.1. The van der Waals surface area contributed by atoms with Gasteiger partial charge < -0.3 is 25.4 Å². The molecular weight excluding hydrogens is 314 g/mol. The summed E-state index contributed by atoms with van der Waals surface area (Å²) in [5.74, 6) is 0.240. The fourth-order valence-electron chi connectivity index (χ4n) is 2.75. The highest BCUT2D eigenvalue weighted by molar-refractivity contribution is 5.81. The predicted octanol–water partition coefficient (Wildman–Crippen LogP) is 0.233. The van der Waals surface area contributed by atoms with E-state index < -0.39 is 24.0 Å². The van der Waals surface area contributed by atoms with Gasteiger partial charge in [0.05, 0.1) is 18.5 Å². The molecule has 4 atom stereocenters. The molecule has 1 fully saturated rings. The zero-order valence-corrected chi connectivity index (χ0v) is 14.2. The summed E-state index contributed by atoms with van der Waals surface area (Å²) in [6.07, 6.45) is 0.104. The summed E-state index contributed by atoms with van der Waals surface area (Å²) in [7, 11) is 0. The number of nitrogen functional groups attached to an aromatic ring is 1. The van der Waals surface area contributed by atoms with E-state index in [0.717, 1.165) is 0 Å². The van der Waals surface area contributed by atoms with Gasteiger partial charge in [-0.15, -0.1) is 0 Å². The number of nitrogens with two attached hydrogens (primary N) is 1. The SMILES string of the molecule is CC(C)(C)OC[C@H]1O[C@@H](n2cnc3c(N)ncnc32)[C@](C)(O)[C@@H]1O. The van der Waals surface area contributed by atoms with Crippen molar-refractivity contribution >= 4 is 17.0 Å². The van der Waals surface area contributed by atoms with Crippen LogP contribution in [0.5, 0.6) is 0 Å². The van der Waals surface area contributed by atoms with Crippen molar-refractivity contribution < 1.29 is 19.7 Å². The summed E-state index contributed by atoms with van der Waals surface area (Å²) in [6, 6.07) is 0. The first-order valence-electron chi connectivity index (χ1n) is 7.74. The second-order valence-corrected chi connectivity index (χ2v) is 7.20. The van der Waals surface area contributed by atoms with E-state index >= 15 is 0 Å². The maximum Gasteiger partial charge on any atom is 0.168 e. The van der Waals surface area contributed by atoms with Crippen molar-refractivity contribution in [2.24, 2.45) is 0 Å². The molecule has 0 radical (unpaired) electrons. The minimum Gasteiger partial charge on any atom is -0.387 e. The molecule has 0 aliphatic carbocycles. The number of aromatic nitrogens is 4. The molecule has 132 valence electrons. The predicted molar refractivity (Wildman–Crippen MR) is 86.0 cm³/mol. The van der Waals surface area contributed by atoms with Crippen LogP contribution < -0.4 is 5.73 Å². The number of nitrogens with zero attached hydrogens (tertiary/aromatic N) is 4. The number of ether oxygens (including phenoxy) is 2. The van der Waals surface area contributed by atoms with E-state index in [1.165, 1.54) is 19.6 Å². The molecule has 0 saturated carbocycles. The average Bonchev–Trinajstić information content (AvgIpc) is 2.99. The Kier molecular flexibility index (Phi) is 3.99. The van der Waals surface area contributed by atoms with Gasteiger partial charge in [0.15, 0.2) is 17.7 Å². The minimum atomic E-state index is -1.54. The van der Waals surface area contributed by atoms with Crippen LogP contribution in [0.25, 0.3) is 11.2 Å². The molecule has 1 saturated heterocycles. The fourth-order valence-corrected chi connectivity index (χ4v) is 2.75. The number of imidazole rings is 1. The van der Waals surface area contributed by atoms with Crippen LogP contribution in [0.1, 0.15) is 33.9 Å². The van der Waals surface area contributed by atoms with Crippen LogP contribution in [0.15, 0.2) is 12.7 Å². The van der Waals surface area contributed by atoms with E-state index in [1.807, 2.05) is 20.8 Å². The number of fused-ring (bicyclic) bond motifs is 1. The highest BCUT2D eigenvalue weighted by Crippen LogP contribution is 2.40. The Balaban J connectivity index is 1.91. The fraction of sp³-hybridized carbons (Fsp3) is 0.667. The van der Waals surface area contributed by atoms with Gasteiger partial charge in [-0.1, -0.05) is 0 Å². The first-order valence-corrected chi connectivity index (χ1v) is 7.74. The molecule has 24 heavy (non-hydrogen) atoms. The monoisotopic (exact) mass is 337 g/mol. The van der Waals surface area contributed by atoms with Crippen molar-refractivity contribution in [1.82, 2.24) is 19.5 Å². The maximum absolute atomic E-state index is 10.8. The molecule has 4 N–H and O–H groups in total. The van der Waals surface area contributed by atoms with Gasteiger partial charge in [-0.25, -0.2) is 15.0 Å². The van der Waals surface area contributed by atoms with E-state index in [9.17, 15) is 10.2 Å². The third kappa shape index (κ3) is 2.84. The van der Waals surface area contributed by atoms with Gasteiger partial charge in [-0.05, 0) is 27.7 Å². The lowest BCUT2D eigenvalue weighted by molar-refractivity contribution is -0.106. The molecule has 0 spiro atoms. The molecule has 3 heterocycles. The number of anilines is 1. The average molecular weight is 337 g/mol. The Bertz CT molecular complexity index is 739. The minimum absolute atomic E-state index is 0.154. The quantitative estimate of drug-likeness (QED) is 0.726. The van der Waals surface area contributed by atoms with Crippen molar-refractivity contribution in [3.05, 3.63) is 12.7 Å². The zero-order valence-electron chi connectivity index (χ0n) is 14.2. The number of aliphatic hydroxyl groups is 2. The molecule has 0 bridgehead atoms. The lowest BCUT2D eigenvalue weighted by Gasteiger charge is -2.27. The second-order valence-electron chi connectivity index (χ2n) is 7.20. The van der Waals surface area contributed by atoms with Crippen LogP contribution in [-0.2, 0) is 9.47 Å². The van der Waals surface area contributed by atoms with Crippen LogP contribution >= 0.6 is 0 Å². The molecule has 2 aromatic rings. The Labute approximate surface area is 139 Å². The standard InChI is InChI=1S/C15H23N5O4/c1-14(2,3)23-5-8-10(21)15(4,22)13(24-8)20-7-19-9-11(16)17-6-18-12(9)20/h6-8,10,13,21-22H,5H2,1-4H3,(H2,16,17,18)/t8-,10-,13-,15-/m1/s1. The van der Waals surface area contributed by atoms with Crippen LogP contribution in [0, 0.1) is 0 Å². The first kappa shape index (κ1) is 17.0. The van der Waals surface area contributed by atoms with Crippen LogP contribution in [0.3, 0.4) is 0 Å². The van der Waals surface area contributed by atoms with Crippen LogP contribution in [-0.4, -0.2) is 59.7 Å². The summed E-state index contributed by atoms with van der Waals surface area (Å²) in [4.78, 5) is 12.2. The van der Waals surface area contributed by atoms with Gasteiger partial charge in [0.2, 0.25) is 0 Å². The Morgan fingerprint density at radius 2 is 2.08 bits per heavy atom. The van der Waals surface area contributed by atoms with Gasteiger partial charge in [0, 0.05) is 0 Å². The molecule has 0 unspecified atom stereocenters. The van der Waals surface area contributed by atoms with Crippen molar-refractivity contribution in [3.63, 3.8) is 0 Å². The van der Waals surface area contributed by atoms with E-state index in [4.69, 9.17) is 15.2 Å². The topological polar surface area (TPSA) is 129 Å². The van der Waals surface area contributed by atoms with Gasteiger partial charge in [0.1, 0.15) is 29.7 Å². The molecule has 0 amide bonds. The third-order valence-corrected chi connectivity index (χ3v) is 4.07. The Hall–Kier alpha value is -1.81. The van der Waals surface area contributed by atoms with Crippen molar-refractivity contribution in [3.8, 4) is 0 Å².